The van der Waals surface area contributed by atoms with Gasteiger partial charge in [0, 0.05) is 6.54 Å². The largest absolute Gasteiger partial charge is 0.481 e. The normalized spacial score (nSPS) is 26.4. The van der Waals surface area contributed by atoms with Crippen molar-refractivity contribution in [3.05, 3.63) is 70.8 Å². The van der Waals surface area contributed by atoms with Crippen molar-refractivity contribution in [2.45, 2.75) is 82.6 Å². The highest BCUT2D eigenvalue weighted by Gasteiger charge is 2.51. The van der Waals surface area contributed by atoms with Gasteiger partial charge < -0.3 is 15.7 Å². The third kappa shape index (κ3) is 6.86. The lowest BCUT2D eigenvalue weighted by Gasteiger charge is -2.48. The average Bonchev–Trinajstić information content (AvgIpc) is 2.97. The van der Waals surface area contributed by atoms with Crippen molar-refractivity contribution in [1.29, 1.82) is 0 Å². The first-order valence-electron chi connectivity index (χ1n) is 14.7. The molecule has 2 aromatic carbocycles. The molecule has 0 spiro atoms. The number of carbonyl (C=O) groups is 2. The lowest BCUT2D eigenvalue weighted by atomic mass is 9.59. The number of carbonyl (C=O) groups excluding carboxylic acids is 1. The smallest absolute Gasteiger partial charge is 0.416 e. The minimum Gasteiger partial charge on any atom is -0.481 e. The lowest BCUT2D eigenvalue weighted by Crippen LogP contribution is -2.54. The van der Waals surface area contributed by atoms with Gasteiger partial charge in [-0.05, 0) is 93.2 Å². The number of alkyl halides is 6. The Morgan fingerprint density at radius 1 is 0.977 bits per heavy atom. The highest BCUT2D eigenvalue weighted by Crippen LogP contribution is 2.50. The Bertz CT molecular complexity index is 1250. The van der Waals surface area contributed by atoms with E-state index in [9.17, 15) is 41.0 Å². The number of benzene rings is 2. The van der Waals surface area contributed by atoms with Gasteiger partial charge in [-0.15, -0.1) is 0 Å². The molecule has 0 radical (unpaired) electrons. The van der Waals surface area contributed by atoms with E-state index in [0.29, 0.717) is 57.2 Å². The van der Waals surface area contributed by atoms with Gasteiger partial charge in [-0.25, -0.2) is 0 Å². The number of halogens is 6. The van der Waals surface area contributed by atoms with Crippen LogP contribution in [0.1, 0.15) is 87.0 Å². The maximum Gasteiger partial charge on any atom is 0.416 e. The minimum atomic E-state index is -5.02. The Labute approximate surface area is 247 Å². The van der Waals surface area contributed by atoms with E-state index in [4.69, 9.17) is 0 Å². The third-order valence-corrected chi connectivity index (χ3v) is 9.64. The molecule has 43 heavy (non-hydrogen) atoms. The van der Waals surface area contributed by atoms with Crippen molar-refractivity contribution in [3.63, 3.8) is 0 Å². The van der Waals surface area contributed by atoms with Gasteiger partial charge in [0.1, 0.15) is 0 Å². The molecule has 3 atom stereocenters. The van der Waals surface area contributed by atoms with Crippen molar-refractivity contribution < 1.29 is 41.0 Å². The zero-order valence-electron chi connectivity index (χ0n) is 24.2. The zero-order chi connectivity index (χ0) is 31.6. The summed E-state index contributed by atoms with van der Waals surface area (Å²) in [6.07, 6.45) is -5.89. The van der Waals surface area contributed by atoms with Crippen LogP contribution in [0, 0.1) is 17.3 Å². The maximum atomic E-state index is 13.6. The molecule has 2 fully saturated rings. The van der Waals surface area contributed by atoms with Gasteiger partial charge in [0.05, 0.1) is 28.0 Å². The summed E-state index contributed by atoms with van der Waals surface area (Å²) in [7, 11) is 0. The number of hydrogen-bond donors (Lipinski definition) is 3. The van der Waals surface area contributed by atoms with E-state index < -0.39 is 52.2 Å². The molecule has 1 saturated carbocycles. The van der Waals surface area contributed by atoms with Crippen molar-refractivity contribution in [3.8, 4) is 0 Å². The van der Waals surface area contributed by atoms with Crippen LogP contribution < -0.4 is 10.6 Å². The number of nitrogens with one attached hydrogen (secondary N) is 2. The first kappa shape index (κ1) is 32.8. The predicted molar refractivity (Wildman–Crippen MR) is 149 cm³/mol. The highest BCUT2D eigenvalue weighted by atomic mass is 19.4. The summed E-state index contributed by atoms with van der Waals surface area (Å²) in [4.78, 5) is 26.2. The van der Waals surface area contributed by atoms with Crippen molar-refractivity contribution in [2.24, 2.45) is 17.3 Å². The van der Waals surface area contributed by atoms with Crippen LogP contribution >= 0.6 is 0 Å². The number of amides is 1. The SMILES string of the molecule is CCC(C1CCC(NC(=O)C(C)c2cc(C(F)(F)F)cc(C(F)(F)F)c2)(c2ccccc2)CC1)C1(C(=O)O)CCCNC1. The van der Waals surface area contributed by atoms with Gasteiger partial charge >= 0.3 is 18.3 Å². The highest BCUT2D eigenvalue weighted by molar-refractivity contribution is 5.84. The number of hydrogen-bond acceptors (Lipinski definition) is 3. The third-order valence-electron chi connectivity index (χ3n) is 9.64. The van der Waals surface area contributed by atoms with Crippen LogP contribution in [-0.2, 0) is 27.5 Å². The van der Waals surface area contributed by atoms with Crippen molar-refractivity contribution in [2.75, 3.05) is 13.1 Å². The molecule has 3 N–H and O–H groups in total. The standard InChI is InChI=1S/C32H38F6N2O3/c1-3-26(29(28(42)43)12-7-15-39-19-29)21-10-13-30(14-11-21,23-8-5-4-6-9-23)40-27(41)20(2)22-16-24(31(33,34)35)18-25(17-22)32(36,37)38/h4-6,8-9,16-18,20-21,26,39H,3,7,10-15,19H2,1-2H3,(H,40,41)(H,42,43). The fourth-order valence-electron chi connectivity index (χ4n) is 7.26. The molecule has 4 rings (SSSR count). The first-order chi connectivity index (χ1) is 20.1. The maximum absolute atomic E-state index is 13.6. The van der Waals surface area contributed by atoms with Crippen molar-refractivity contribution in [1.82, 2.24) is 10.6 Å². The molecule has 0 bridgehead atoms. The fraction of sp³-hybridized carbons (Fsp3) is 0.562. The summed E-state index contributed by atoms with van der Waals surface area (Å²) in [6, 6.07) is 10.4. The molecule has 1 aliphatic carbocycles. The molecule has 5 nitrogen and oxygen atoms in total. The summed E-state index contributed by atoms with van der Waals surface area (Å²) in [5, 5.41) is 16.6. The van der Waals surface area contributed by atoms with Crippen LogP contribution in [0.15, 0.2) is 48.5 Å². The van der Waals surface area contributed by atoms with Crippen LogP contribution in [0.5, 0.6) is 0 Å². The van der Waals surface area contributed by atoms with Crippen LogP contribution in [-0.4, -0.2) is 30.1 Å². The fourth-order valence-corrected chi connectivity index (χ4v) is 7.26. The molecule has 236 valence electrons. The molecule has 2 aliphatic rings. The molecule has 1 amide bonds. The molecule has 0 aromatic heterocycles. The predicted octanol–water partition coefficient (Wildman–Crippen LogP) is 7.51. The number of aliphatic carboxylic acids is 1. The topological polar surface area (TPSA) is 78.4 Å². The second-order valence-electron chi connectivity index (χ2n) is 12.1. The van der Waals surface area contributed by atoms with E-state index in [1.807, 2.05) is 37.3 Å². The molecule has 11 heteroatoms. The Kier molecular flexibility index (Phi) is 9.54. The molecule has 1 saturated heterocycles. The van der Waals surface area contributed by atoms with Gasteiger partial charge in [-0.1, -0.05) is 43.7 Å². The molecular formula is C32H38F6N2O3. The minimum absolute atomic E-state index is 0.0523. The van der Waals surface area contributed by atoms with Crippen LogP contribution in [0.2, 0.25) is 0 Å². The Hall–Kier alpha value is -3.08. The Balaban J connectivity index is 1.62. The van der Waals surface area contributed by atoms with Crippen LogP contribution in [0.3, 0.4) is 0 Å². The Morgan fingerprint density at radius 2 is 1.56 bits per heavy atom. The van der Waals surface area contributed by atoms with Crippen LogP contribution in [0.25, 0.3) is 0 Å². The molecular weight excluding hydrogens is 574 g/mol. The summed E-state index contributed by atoms with van der Waals surface area (Å²) in [6.45, 7) is 4.46. The van der Waals surface area contributed by atoms with E-state index in [1.165, 1.54) is 6.92 Å². The first-order valence-corrected chi connectivity index (χ1v) is 14.7. The summed E-state index contributed by atoms with van der Waals surface area (Å²) < 4.78 is 80.9. The quantitative estimate of drug-likeness (QED) is 0.270. The van der Waals surface area contributed by atoms with E-state index in [1.54, 1.807) is 0 Å². The van der Waals surface area contributed by atoms with Gasteiger partial charge in [0.25, 0.3) is 0 Å². The lowest BCUT2D eigenvalue weighted by molar-refractivity contribution is -0.157. The zero-order valence-corrected chi connectivity index (χ0v) is 24.2. The van der Waals surface area contributed by atoms with Gasteiger partial charge in [0.15, 0.2) is 0 Å². The molecule has 1 aliphatic heterocycles. The number of piperidine rings is 1. The van der Waals surface area contributed by atoms with E-state index in [-0.39, 0.29) is 23.5 Å². The number of carboxylic acid groups (broad SMARTS) is 1. The molecule has 1 heterocycles. The molecule has 2 aromatic rings. The van der Waals surface area contributed by atoms with E-state index in [0.717, 1.165) is 18.5 Å². The Morgan fingerprint density at radius 3 is 2.02 bits per heavy atom. The van der Waals surface area contributed by atoms with E-state index in [2.05, 4.69) is 10.6 Å². The van der Waals surface area contributed by atoms with Gasteiger partial charge in [-0.3, -0.25) is 9.59 Å². The number of carboxylic acids is 1. The number of rotatable bonds is 8. The average molecular weight is 613 g/mol. The summed E-state index contributed by atoms with van der Waals surface area (Å²) in [5.74, 6) is -2.81. The van der Waals surface area contributed by atoms with Gasteiger partial charge in [0.2, 0.25) is 5.91 Å². The second kappa shape index (κ2) is 12.5. The monoisotopic (exact) mass is 612 g/mol. The van der Waals surface area contributed by atoms with Crippen molar-refractivity contribution >= 4 is 11.9 Å². The molecule has 3 unspecified atom stereocenters. The van der Waals surface area contributed by atoms with Crippen LogP contribution in [0.4, 0.5) is 26.3 Å². The summed E-state index contributed by atoms with van der Waals surface area (Å²) >= 11 is 0. The van der Waals surface area contributed by atoms with E-state index >= 15 is 0 Å². The second-order valence-corrected chi connectivity index (χ2v) is 12.1. The van der Waals surface area contributed by atoms with Gasteiger partial charge in [-0.2, -0.15) is 26.3 Å². The summed E-state index contributed by atoms with van der Waals surface area (Å²) in [5.41, 5.74) is -4.32.